The molecule has 0 saturated carbocycles. The Morgan fingerprint density at radius 1 is 1.20 bits per heavy atom. The minimum absolute atomic E-state index is 0.626. The smallest absolute Gasteiger partial charge is 0.0314 e. The SMILES string of the molecule is CCC1CCCN(CCC(C)c2ccc(N)cc2)CC1. The Balaban J connectivity index is 1.78. The number of likely N-dealkylation sites (tertiary alicyclic amines) is 1. The van der Waals surface area contributed by atoms with Crippen LogP contribution in [0.3, 0.4) is 0 Å². The van der Waals surface area contributed by atoms with Crippen molar-refractivity contribution in [1.29, 1.82) is 0 Å². The normalized spacial score (nSPS) is 22.4. The molecule has 0 aromatic heterocycles. The minimum atomic E-state index is 0.626. The van der Waals surface area contributed by atoms with Gasteiger partial charge in [-0.1, -0.05) is 32.4 Å². The van der Waals surface area contributed by atoms with Crippen LogP contribution in [0.5, 0.6) is 0 Å². The molecule has 2 heteroatoms. The van der Waals surface area contributed by atoms with Crippen molar-refractivity contribution in [1.82, 2.24) is 4.90 Å². The van der Waals surface area contributed by atoms with Gasteiger partial charge in [-0.25, -0.2) is 0 Å². The van der Waals surface area contributed by atoms with Gasteiger partial charge in [-0.3, -0.25) is 0 Å². The highest BCUT2D eigenvalue weighted by Crippen LogP contribution is 2.23. The Morgan fingerprint density at radius 2 is 1.95 bits per heavy atom. The summed E-state index contributed by atoms with van der Waals surface area (Å²) in [4.78, 5) is 2.67. The average molecular weight is 274 g/mol. The fourth-order valence-electron chi connectivity index (χ4n) is 3.22. The summed E-state index contributed by atoms with van der Waals surface area (Å²) in [5.74, 6) is 1.59. The topological polar surface area (TPSA) is 29.3 Å². The first-order chi connectivity index (χ1) is 9.69. The molecule has 2 atom stereocenters. The Kier molecular flexibility index (Phi) is 5.90. The van der Waals surface area contributed by atoms with Gasteiger partial charge in [0, 0.05) is 5.69 Å². The molecule has 0 spiro atoms. The molecule has 1 saturated heterocycles. The Morgan fingerprint density at radius 3 is 2.65 bits per heavy atom. The van der Waals surface area contributed by atoms with Crippen molar-refractivity contribution in [2.75, 3.05) is 25.4 Å². The molecule has 0 radical (unpaired) electrons. The fourth-order valence-corrected chi connectivity index (χ4v) is 3.22. The highest BCUT2D eigenvalue weighted by molar-refractivity contribution is 5.40. The van der Waals surface area contributed by atoms with Gasteiger partial charge < -0.3 is 10.6 Å². The van der Waals surface area contributed by atoms with Gasteiger partial charge in [0.2, 0.25) is 0 Å². The second-order valence-corrected chi connectivity index (χ2v) is 6.40. The number of nitrogens with two attached hydrogens (primary N) is 1. The number of nitrogen functional groups attached to an aromatic ring is 1. The van der Waals surface area contributed by atoms with Crippen molar-refractivity contribution in [3.8, 4) is 0 Å². The summed E-state index contributed by atoms with van der Waals surface area (Å²) < 4.78 is 0. The van der Waals surface area contributed by atoms with Crippen LogP contribution in [0.25, 0.3) is 0 Å². The summed E-state index contributed by atoms with van der Waals surface area (Å²) >= 11 is 0. The number of hydrogen-bond acceptors (Lipinski definition) is 2. The number of hydrogen-bond donors (Lipinski definition) is 1. The molecular formula is C18H30N2. The van der Waals surface area contributed by atoms with Crippen LogP contribution in [0.2, 0.25) is 0 Å². The number of anilines is 1. The van der Waals surface area contributed by atoms with Crippen LogP contribution in [0, 0.1) is 5.92 Å². The van der Waals surface area contributed by atoms with E-state index in [1.165, 1.54) is 57.3 Å². The zero-order chi connectivity index (χ0) is 14.4. The molecule has 0 bridgehead atoms. The lowest BCUT2D eigenvalue weighted by molar-refractivity contribution is 0.270. The number of nitrogens with zero attached hydrogens (tertiary/aromatic N) is 1. The van der Waals surface area contributed by atoms with Crippen LogP contribution in [-0.4, -0.2) is 24.5 Å². The Labute approximate surface area is 124 Å². The largest absolute Gasteiger partial charge is 0.399 e. The summed E-state index contributed by atoms with van der Waals surface area (Å²) in [6, 6.07) is 8.39. The highest BCUT2D eigenvalue weighted by atomic mass is 15.1. The average Bonchev–Trinajstić information content (AvgIpc) is 2.70. The molecule has 2 rings (SSSR count). The third kappa shape index (κ3) is 4.52. The van der Waals surface area contributed by atoms with E-state index < -0.39 is 0 Å². The third-order valence-corrected chi connectivity index (χ3v) is 4.90. The van der Waals surface area contributed by atoms with Crippen molar-refractivity contribution in [2.24, 2.45) is 5.92 Å². The van der Waals surface area contributed by atoms with Crippen molar-refractivity contribution >= 4 is 5.69 Å². The second kappa shape index (κ2) is 7.68. The van der Waals surface area contributed by atoms with Crippen LogP contribution in [0.4, 0.5) is 5.69 Å². The van der Waals surface area contributed by atoms with Gasteiger partial charge in [0.25, 0.3) is 0 Å². The van der Waals surface area contributed by atoms with E-state index in [2.05, 4.69) is 30.9 Å². The molecule has 1 aliphatic rings. The lowest BCUT2D eigenvalue weighted by Gasteiger charge is -2.22. The van der Waals surface area contributed by atoms with E-state index in [0.29, 0.717) is 5.92 Å². The Bertz CT molecular complexity index is 385. The zero-order valence-electron chi connectivity index (χ0n) is 13.1. The second-order valence-electron chi connectivity index (χ2n) is 6.40. The van der Waals surface area contributed by atoms with Crippen LogP contribution < -0.4 is 5.73 Å². The van der Waals surface area contributed by atoms with Crippen LogP contribution >= 0.6 is 0 Å². The summed E-state index contributed by atoms with van der Waals surface area (Å²) in [6.45, 7) is 8.50. The maximum atomic E-state index is 5.75. The summed E-state index contributed by atoms with van der Waals surface area (Å²) in [6.07, 6.45) is 6.82. The summed E-state index contributed by atoms with van der Waals surface area (Å²) in [5.41, 5.74) is 8.03. The molecule has 2 unspecified atom stereocenters. The molecular weight excluding hydrogens is 244 g/mol. The zero-order valence-corrected chi connectivity index (χ0v) is 13.1. The van der Waals surface area contributed by atoms with Gasteiger partial charge in [-0.15, -0.1) is 0 Å². The third-order valence-electron chi connectivity index (χ3n) is 4.90. The lowest BCUT2D eigenvalue weighted by atomic mass is 9.97. The van der Waals surface area contributed by atoms with Gasteiger partial charge in [0.05, 0.1) is 0 Å². The molecule has 2 N–H and O–H groups in total. The van der Waals surface area contributed by atoms with E-state index >= 15 is 0 Å². The lowest BCUT2D eigenvalue weighted by Crippen LogP contribution is -2.26. The molecule has 1 heterocycles. The molecule has 20 heavy (non-hydrogen) atoms. The summed E-state index contributed by atoms with van der Waals surface area (Å²) in [5, 5.41) is 0. The maximum Gasteiger partial charge on any atom is 0.0314 e. The van der Waals surface area contributed by atoms with E-state index in [-0.39, 0.29) is 0 Å². The van der Waals surface area contributed by atoms with Crippen LogP contribution in [-0.2, 0) is 0 Å². The van der Waals surface area contributed by atoms with E-state index in [0.717, 1.165) is 11.6 Å². The van der Waals surface area contributed by atoms with Gasteiger partial charge in [0.15, 0.2) is 0 Å². The predicted octanol–water partition coefficient (Wildman–Crippen LogP) is 4.27. The molecule has 112 valence electrons. The van der Waals surface area contributed by atoms with Gasteiger partial charge in [0.1, 0.15) is 0 Å². The van der Waals surface area contributed by atoms with Crippen molar-refractivity contribution < 1.29 is 0 Å². The number of benzene rings is 1. The molecule has 1 aromatic rings. The van der Waals surface area contributed by atoms with E-state index in [1.807, 2.05) is 12.1 Å². The maximum absolute atomic E-state index is 5.75. The van der Waals surface area contributed by atoms with Gasteiger partial charge in [-0.05, 0) is 74.8 Å². The first kappa shape index (κ1) is 15.4. The molecule has 1 aliphatic heterocycles. The minimum Gasteiger partial charge on any atom is -0.399 e. The molecule has 0 aliphatic carbocycles. The number of rotatable bonds is 5. The summed E-state index contributed by atoms with van der Waals surface area (Å²) in [7, 11) is 0. The first-order valence-electron chi connectivity index (χ1n) is 8.26. The fraction of sp³-hybridized carbons (Fsp3) is 0.667. The quantitative estimate of drug-likeness (QED) is 0.812. The van der Waals surface area contributed by atoms with Crippen LogP contribution in [0.1, 0.15) is 57.4 Å². The first-order valence-corrected chi connectivity index (χ1v) is 8.26. The van der Waals surface area contributed by atoms with E-state index in [4.69, 9.17) is 5.73 Å². The van der Waals surface area contributed by atoms with E-state index in [9.17, 15) is 0 Å². The van der Waals surface area contributed by atoms with E-state index in [1.54, 1.807) is 0 Å². The molecule has 1 fully saturated rings. The van der Waals surface area contributed by atoms with Gasteiger partial charge in [-0.2, -0.15) is 0 Å². The van der Waals surface area contributed by atoms with Gasteiger partial charge >= 0.3 is 0 Å². The Hall–Kier alpha value is -1.02. The standard InChI is InChI=1S/C18H30N2/c1-3-16-5-4-12-20(14-11-16)13-10-15(2)17-6-8-18(19)9-7-17/h6-9,15-16H,3-5,10-14,19H2,1-2H3. The molecule has 0 amide bonds. The molecule has 2 nitrogen and oxygen atoms in total. The predicted molar refractivity (Wildman–Crippen MR) is 88.0 cm³/mol. The van der Waals surface area contributed by atoms with Crippen molar-refractivity contribution in [2.45, 2.75) is 51.9 Å². The monoisotopic (exact) mass is 274 g/mol. The molecule has 1 aromatic carbocycles. The van der Waals surface area contributed by atoms with Crippen molar-refractivity contribution in [3.05, 3.63) is 29.8 Å². The van der Waals surface area contributed by atoms with Crippen molar-refractivity contribution in [3.63, 3.8) is 0 Å². The highest BCUT2D eigenvalue weighted by Gasteiger charge is 2.16. The van der Waals surface area contributed by atoms with Crippen LogP contribution in [0.15, 0.2) is 24.3 Å².